The Kier molecular flexibility index (Phi) is 7.89. The maximum Gasteiger partial charge on any atom is 0.264 e. The highest BCUT2D eigenvalue weighted by molar-refractivity contribution is 7.92. The highest BCUT2D eigenvalue weighted by Gasteiger charge is 2.27. The van der Waals surface area contributed by atoms with Crippen LogP contribution in [0.3, 0.4) is 0 Å². The number of sulfonamides is 1. The van der Waals surface area contributed by atoms with Crippen LogP contribution in [0.5, 0.6) is 5.75 Å². The summed E-state index contributed by atoms with van der Waals surface area (Å²) in [6, 6.07) is 22.3. The van der Waals surface area contributed by atoms with E-state index >= 15 is 0 Å². The second kappa shape index (κ2) is 10.8. The molecular formula is C25H28N2O4S. The first-order chi connectivity index (χ1) is 15.4. The second-order valence-corrected chi connectivity index (χ2v) is 9.24. The van der Waals surface area contributed by atoms with Gasteiger partial charge in [-0.05, 0) is 54.8 Å². The first kappa shape index (κ1) is 23.3. The van der Waals surface area contributed by atoms with Crippen LogP contribution in [0.25, 0.3) is 0 Å². The third kappa shape index (κ3) is 5.88. The number of amides is 1. The third-order valence-electron chi connectivity index (χ3n) is 5.02. The van der Waals surface area contributed by atoms with Gasteiger partial charge in [0.1, 0.15) is 12.3 Å². The molecule has 0 aliphatic carbocycles. The topological polar surface area (TPSA) is 75.7 Å². The zero-order chi connectivity index (χ0) is 23.0. The van der Waals surface area contributed by atoms with Gasteiger partial charge < -0.3 is 10.1 Å². The quantitative estimate of drug-likeness (QED) is 0.476. The summed E-state index contributed by atoms with van der Waals surface area (Å²) < 4.78 is 33.1. The van der Waals surface area contributed by atoms with Crippen molar-refractivity contribution >= 4 is 27.3 Å². The van der Waals surface area contributed by atoms with Crippen molar-refractivity contribution in [2.45, 2.75) is 31.1 Å². The second-order valence-electron chi connectivity index (χ2n) is 7.37. The molecule has 3 rings (SSSR count). The van der Waals surface area contributed by atoms with E-state index in [9.17, 15) is 13.2 Å². The molecule has 0 bridgehead atoms. The molecule has 1 N–H and O–H groups in total. The monoisotopic (exact) mass is 452 g/mol. The first-order valence-electron chi connectivity index (χ1n) is 10.5. The van der Waals surface area contributed by atoms with Gasteiger partial charge in [0.2, 0.25) is 5.91 Å². The van der Waals surface area contributed by atoms with Crippen molar-refractivity contribution in [2.75, 3.05) is 23.3 Å². The minimum Gasteiger partial charge on any atom is -0.497 e. The van der Waals surface area contributed by atoms with Crippen LogP contribution >= 0.6 is 0 Å². The minimum atomic E-state index is -3.97. The summed E-state index contributed by atoms with van der Waals surface area (Å²) in [5, 5.41) is 2.80. The summed E-state index contributed by atoms with van der Waals surface area (Å²) in [5.74, 6) is 0.0625. The number of hydrogen-bond donors (Lipinski definition) is 1. The third-order valence-corrected chi connectivity index (χ3v) is 6.80. The number of methoxy groups -OCH3 is 1. The molecule has 3 aromatic carbocycles. The molecule has 1 amide bonds. The van der Waals surface area contributed by atoms with Gasteiger partial charge in [-0.2, -0.15) is 0 Å². The number of nitrogens with one attached hydrogen (secondary N) is 1. The molecule has 0 saturated heterocycles. The Balaban J connectivity index is 1.84. The molecule has 0 heterocycles. The Hall–Kier alpha value is -3.32. The zero-order valence-corrected chi connectivity index (χ0v) is 19.1. The number of unbranched alkanes of at least 4 members (excludes halogenated alkanes) is 1. The zero-order valence-electron chi connectivity index (χ0n) is 18.3. The number of ether oxygens (including phenoxy) is 1. The molecule has 0 spiro atoms. The lowest BCUT2D eigenvalue weighted by molar-refractivity contribution is -0.114. The summed E-state index contributed by atoms with van der Waals surface area (Å²) in [7, 11) is -2.46. The lowest BCUT2D eigenvalue weighted by Gasteiger charge is -2.24. The molecule has 0 unspecified atom stereocenters. The molecule has 3 aromatic rings. The number of benzene rings is 3. The van der Waals surface area contributed by atoms with Gasteiger partial charge in [0, 0.05) is 11.8 Å². The van der Waals surface area contributed by atoms with E-state index in [0.29, 0.717) is 17.1 Å². The van der Waals surface area contributed by atoms with E-state index in [-0.39, 0.29) is 11.4 Å². The van der Waals surface area contributed by atoms with Crippen LogP contribution in [-0.4, -0.2) is 28.0 Å². The van der Waals surface area contributed by atoms with E-state index in [1.54, 1.807) is 42.5 Å². The van der Waals surface area contributed by atoms with Gasteiger partial charge in [0.25, 0.3) is 10.0 Å². The maximum absolute atomic E-state index is 13.4. The van der Waals surface area contributed by atoms with Gasteiger partial charge >= 0.3 is 0 Å². The molecule has 0 saturated carbocycles. The first-order valence-corrected chi connectivity index (χ1v) is 12.0. The van der Waals surface area contributed by atoms with Crippen LogP contribution in [0, 0.1) is 0 Å². The van der Waals surface area contributed by atoms with Crippen molar-refractivity contribution in [1.82, 2.24) is 0 Å². The molecular weight excluding hydrogens is 424 g/mol. The summed E-state index contributed by atoms with van der Waals surface area (Å²) in [6.45, 7) is 1.77. The highest BCUT2D eigenvalue weighted by Crippen LogP contribution is 2.27. The van der Waals surface area contributed by atoms with Crippen molar-refractivity contribution in [2.24, 2.45) is 0 Å². The smallest absolute Gasteiger partial charge is 0.264 e. The number of nitrogens with zero attached hydrogens (tertiary/aromatic N) is 1. The molecule has 0 fully saturated rings. The Bertz CT molecular complexity index is 1130. The normalized spacial score (nSPS) is 11.1. The molecule has 168 valence electrons. The minimum absolute atomic E-state index is 0.107. The lowest BCUT2D eigenvalue weighted by Crippen LogP contribution is -2.38. The van der Waals surface area contributed by atoms with E-state index in [4.69, 9.17) is 4.74 Å². The van der Waals surface area contributed by atoms with Gasteiger partial charge in [-0.3, -0.25) is 9.10 Å². The largest absolute Gasteiger partial charge is 0.497 e. The maximum atomic E-state index is 13.4. The number of hydrogen-bond acceptors (Lipinski definition) is 4. The van der Waals surface area contributed by atoms with E-state index < -0.39 is 15.9 Å². The molecule has 0 aliphatic rings. The van der Waals surface area contributed by atoms with Crippen molar-refractivity contribution in [3.63, 3.8) is 0 Å². The summed E-state index contributed by atoms with van der Waals surface area (Å²) in [6.07, 6.45) is 3.22. The average molecular weight is 453 g/mol. The Morgan fingerprint density at radius 1 is 0.969 bits per heavy atom. The SMILES string of the molecule is CCCCc1ccc(NC(=O)CN(c2cccc(OC)c2)S(=O)(=O)c2ccccc2)cc1. The number of anilines is 2. The fourth-order valence-corrected chi connectivity index (χ4v) is 4.70. The van der Waals surface area contributed by atoms with Crippen LogP contribution in [0.15, 0.2) is 83.8 Å². The number of carbonyl (C=O) groups is 1. The summed E-state index contributed by atoms with van der Waals surface area (Å²) in [5.41, 5.74) is 2.17. The number of aryl methyl sites for hydroxylation is 1. The molecule has 0 radical (unpaired) electrons. The van der Waals surface area contributed by atoms with Crippen LogP contribution in [0.4, 0.5) is 11.4 Å². The van der Waals surface area contributed by atoms with Gasteiger partial charge in [-0.15, -0.1) is 0 Å². The predicted octanol–water partition coefficient (Wildman–Crippen LogP) is 4.87. The summed E-state index contributed by atoms with van der Waals surface area (Å²) in [4.78, 5) is 12.9. The Labute approximate surface area is 189 Å². The van der Waals surface area contributed by atoms with Gasteiger partial charge in [0.15, 0.2) is 0 Å². The van der Waals surface area contributed by atoms with E-state index in [1.807, 2.05) is 24.3 Å². The summed E-state index contributed by atoms with van der Waals surface area (Å²) >= 11 is 0. The van der Waals surface area contributed by atoms with Crippen LogP contribution in [0.2, 0.25) is 0 Å². The molecule has 32 heavy (non-hydrogen) atoms. The fraction of sp³-hybridized carbons (Fsp3) is 0.240. The van der Waals surface area contributed by atoms with Crippen LogP contribution < -0.4 is 14.4 Å². The number of carbonyl (C=O) groups excluding carboxylic acids is 1. The average Bonchev–Trinajstić information content (AvgIpc) is 2.82. The van der Waals surface area contributed by atoms with E-state index in [0.717, 1.165) is 23.6 Å². The van der Waals surface area contributed by atoms with Crippen LogP contribution in [-0.2, 0) is 21.2 Å². The van der Waals surface area contributed by atoms with Crippen LogP contribution in [0.1, 0.15) is 25.3 Å². The fourth-order valence-electron chi connectivity index (χ4n) is 3.27. The van der Waals surface area contributed by atoms with Gasteiger partial charge in [-0.1, -0.05) is 49.7 Å². The van der Waals surface area contributed by atoms with Crippen molar-refractivity contribution in [3.05, 3.63) is 84.4 Å². The molecule has 6 nitrogen and oxygen atoms in total. The van der Waals surface area contributed by atoms with Crippen molar-refractivity contribution in [3.8, 4) is 5.75 Å². The standard InChI is InChI=1S/C25H28N2O4S/c1-3-4-9-20-14-16-21(17-15-20)26-25(28)19-27(22-10-8-11-23(18-22)31-2)32(29,30)24-12-6-5-7-13-24/h5-8,10-18H,3-4,9,19H2,1-2H3,(H,26,28). The van der Waals surface area contributed by atoms with E-state index in [2.05, 4.69) is 12.2 Å². The molecule has 0 aromatic heterocycles. The highest BCUT2D eigenvalue weighted by atomic mass is 32.2. The van der Waals surface area contributed by atoms with Gasteiger partial charge in [-0.25, -0.2) is 8.42 Å². The number of rotatable bonds is 10. The van der Waals surface area contributed by atoms with Crippen molar-refractivity contribution < 1.29 is 17.9 Å². The predicted molar refractivity (Wildman–Crippen MR) is 128 cm³/mol. The van der Waals surface area contributed by atoms with Gasteiger partial charge in [0.05, 0.1) is 17.7 Å². The Morgan fingerprint density at radius 2 is 1.69 bits per heavy atom. The Morgan fingerprint density at radius 3 is 2.34 bits per heavy atom. The van der Waals surface area contributed by atoms with E-state index in [1.165, 1.54) is 24.8 Å². The lowest BCUT2D eigenvalue weighted by atomic mass is 10.1. The van der Waals surface area contributed by atoms with Crippen molar-refractivity contribution in [1.29, 1.82) is 0 Å². The molecule has 0 aliphatic heterocycles. The molecule has 0 atom stereocenters. The molecule has 7 heteroatoms.